The Bertz CT molecular complexity index is 7810. The smallest absolute Gasteiger partial charge is 0.167 e. The number of aliphatic hydroxyl groups excluding tert-OH is 2. The molecular weight excluding hydrogens is 1940 g/mol. The Balaban J connectivity index is 0.000000103. The van der Waals surface area contributed by atoms with E-state index in [0.29, 0.717) is 12.1 Å². The predicted molar refractivity (Wildman–Crippen MR) is 568 cm³/mol. The van der Waals surface area contributed by atoms with Crippen molar-refractivity contribution < 1.29 is 10.2 Å². The molecule has 6 saturated heterocycles. The minimum absolute atomic E-state index is 0.182. The molecule has 145 heavy (non-hydrogen) atoms. The lowest BCUT2D eigenvalue weighted by molar-refractivity contribution is 0.208. The van der Waals surface area contributed by atoms with Gasteiger partial charge in [-0.3, -0.25) is 23.4 Å². The van der Waals surface area contributed by atoms with Gasteiger partial charge < -0.3 is 78.1 Å². The molecule has 1 unspecified atom stereocenters. The van der Waals surface area contributed by atoms with E-state index < -0.39 is 0 Å². The quantitative estimate of drug-likeness (QED) is 0.0301. The summed E-state index contributed by atoms with van der Waals surface area (Å²) >= 11 is 7.15. The highest BCUT2D eigenvalue weighted by Crippen LogP contribution is 2.41. The average Bonchev–Trinajstić information content (AvgIpc) is 1.63. The zero-order valence-corrected chi connectivity index (χ0v) is 85.7. The number of piperazine rings is 1. The molecule has 20 aromatic heterocycles. The van der Waals surface area contributed by atoms with E-state index in [1.54, 1.807) is 23.4 Å². The minimum Gasteiger partial charge on any atom is -0.396 e. The van der Waals surface area contributed by atoms with Crippen molar-refractivity contribution in [2.24, 2.45) is 58.5 Å². The molecule has 0 radical (unpaired) electrons. The number of fused-ring (bicyclic) bond motifs is 7. The third-order valence-electron chi connectivity index (χ3n) is 26.5. The fourth-order valence-corrected chi connectivity index (χ4v) is 22.5. The van der Waals surface area contributed by atoms with Gasteiger partial charge in [-0.2, -0.15) is 95.4 Å². The van der Waals surface area contributed by atoms with Crippen molar-refractivity contribution in [3.63, 3.8) is 0 Å². The van der Waals surface area contributed by atoms with Crippen LogP contribution >= 0.6 is 57.7 Å². The fraction of sp³-hybridized carbons (Fsp3) is 0.368. The third-order valence-corrected chi connectivity index (χ3v) is 30.5. The van der Waals surface area contributed by atoms with E-state index in [1.807, 2.05) is 234 Å². The molecule has 50 heteroatoms. The monoisotopic (exact) mass is 2050 g/mol. The standard InChI is InChI=1S/C20H24N8OS.C19H21N9S.C19H23N9S.C19H22N8OS.C18H21N9S/c1-13-6-19(30-25-13)23-18-7-17(27-5-3-4-14(10-27)12-29)24-20-16(9-22-28(18)20)15-8-21-26(2)11-15;1-11-3-18(29-25-11)23-17-5-16(27-10-13-4-14(27)7-20-13)24-19-15(8-22-28(17)19)12-6-21-26(2)9-12;1-12-7-18(29-25-12)23-17-8-16(27-5-3-14(20)4-6-27)24-19-15(10-22-28(17)19)13-9-21-26(2)11-13;1-12-5-18(29-24-12)22-17-6-16(26-4-3-13(9-26)11-28)23-19-15(8-21-27(17)19)14-7-20-25(2)10-14;1-11-5-17(28-24-11)22-16-6-15(26-4-3-13(19)10-26)23-18-14(8-21-27(16)18)12-7-20-25(2)9-12/h6-9,11,14,23,29H,3-5,10,12H2,1-2H3;3,5-6,8-9,13-14,20,23H,4,7,10H2,1-2H3;7-11,14,23H,3-6,20H2,1-2H3;5-8,10,13,22,28H,3-4,9,11H2,1-2H3;5-9,13,22H,3-4,10,19H2,1-2H3/t;13-,14-;;2*13-/m.0.11/s1. The Kier molecular flexibility index (Phi) is 26.7. The van der Waals surface area contributed by atoms with Gasteiger partial charge in [0.15, 0.2) is 28.2 Å². The van der Waals surface area contributed by atoms with Crippen molar-refractivity contribution in [2.45, 2.75) is 104 Å². The summed E-state index contributed by atoms with van der Waals surface area (Å²) in [6, 6.07) is 21.9. The maximum atomic E-state index is 9.65. The molecule has 6 fully saturated rings. The van der Waals surface area contributed by atoms with E-state index in [9.17, 15) is 10.2 Å². The Hall–Kier alpha value is -14.9. The van der Waals surface area contributed by atoms with Crippen LogP contribution in [0.25, 0.3) is 83.9 Å². The number of hydrogen-bond donors (Lipinski definition) is 10. The summed E-state index contributed by atoms with van der Waals surface area (Å²) in [5.74, 6) is 9.40. The number of aliphatic hydroxyl groups is 2. The second kappa shape index (κ2) is 40.7. The second-order valence-corrected chi connectivity index (χ2v) is 41.7. The van der Waals surface area contributed by atoms with Gasteiger partial charge in [0.2, 0.25) is 0 Å². The van der Waals surface area contributed by atoms with Gasteiger partial charge >= 0.3 is 0 Å². The number of nitrogens with one attached hydrogen (secondary N) is 6. The molecule has 0 saturated carbocycles. The Morgan fingerprint density at radius 3 is 0.897 bits per heavy atom. The normalized spacial score (nSPS) is 17.4. The maximum absolute atomic E-state index is 9.65. The largest absolute Gasteiger partial charge is 0.396 e. The van der Waals surface area contributed by atoms with Crippen molar-refractivity contribution in [2.75, 3.05) is 130 Å². The van der Waals surface area contributed by atoms with Crippen molar-refractivity contribution in [3.8, 4) is 55.6 Å². The molecule has 26 rings (SSSR count). The molecule has 0 aromatic carbocycles. The van der Waals surface area contributed by atoms with Crippen LogP contribution in [0, 0.1) is 46.5 Å². The van der Waals surface area contributed by atoms with E-state index in [1.165, 1.54) is 64.1 Å². The number of hydrogen-bond acceptors (Lipinski definition) is 40. The first kappa shape index (κ1) is 95.0. The van der Waals surface area contributed by atoms with E-state index in [4.69, 9.17) is 36.4 Å². The van der Waals surface area contributed by atoms with Crippen LogP contribution in [0.3, 0.4) is 0 Å². The van der Waals surface area contributed by atoms with Gasteiger partial charge in [0, 0.05) is 261 Å². The molecule has 748 valence electrons. The highest BCUT2D eigenvalue weighted by atomic mass is 32.1. The van der Waals surface area contributed by atoms with Crippen LogP contribution in [0.2, 0.25) is 0 Å². The van der Waals surface area contributed by atoms with Crippen LogP contribution < -0.4 is 67.9 Å². The summed E-state index contributed by atoms with van der Waals surface area (Å²) in [6.45, 7) is 19.3. The molecule has 6 aliphatic rings. The number of piperidine rings is 2. The van der Waals surface area contributed by atoms with Gasteiger partial charge in [0.05, 0.1) is 90.4 Å². The maximum Gasteiger partial charge on any atom is 0.167 e. The predicted octanol–water partition coefficient (Wildman–Crippen LogP) is 12.2. The lowest BCUT2D eigenvalue weighted by Gasteiger charge is -2.33. The fourth-order valence-electron chi connectivity index (χ4n) is 19.1. The van der Waals surface area contributed by atoms with Crippen molar-refractivity contribution in [3.05, 3.63) is 182 Å². The molecule has 45 nitrogen and oxygen atoms in total. The first-order valence-corrected chi connectivity index (χ1v) is 52.0. The minimum atomic E-state index is 0.182. The number of aryl methyl sites for hydroxylation is 10. The number of nitrogens with zero attached hydrogens (tertiary/aromatic N) is 35. The summed E-state index contributed by atoms with van der Waals surface area (Å²) in [6.07, 6.45) is 35.4. The molecule has 5 atom stereocenters. The van der Waals surface area contributed by atoms with Crippen LogP contribution in [-0.2, 0) is 35.2 Å². The summed E-state index contributed by atoms with van der Waals surface area (Å²) in [4.78, 5) is 36.3. The molecule has 0 spiro atoms. The third kappa shape index (κ3) is 20.5. The topological polar surface area (TPSA) is 485 Å². The number of anilines is 15. The van der Waals surface area contributed by atoms with Gasteiger partial charge in [-0.15, -0.1) is 0 Å². The average molecular weight is 2050 g/mol. The molecule has 0 aliphatic carbocycles. The highest BCUT2D eigenvalue weighted by Gasteiger charge is 2.39. The van der Waals surface area contributed by atoms with Gasteiger partial charge in [-0.1, -0.05) is 0 Å². The first-order valence-electron chi connectivity index (χ1n) is 48.1. The number of aromatic nitrogens is 30. The second-order valence-electron chi connectivity index (χ2n) is 37.7. The summed E-state index contributed by atoms with van der Waals surface area (Å²) in [5, 5.41) is 89.4. The zero-order valence-electron chi connectivity index (χ0n) is 81.6. The lowest BCUT2D eigenvalue weighted by Crippen LogP contribution is -2.44. The summed E-state index contributed by atoms with van der Waals surface area (Å²) in [5.41, 5.74) is 30.8. The Labute approximate surface area is 852 Å². The molecular formula is C95H111N43O2S5. The highest BCUT2D eigenvalue weighted by molar-refractivity contribution is 7.11. The van der Waals surface area contributed by atoms with Gasteiger partial charge in [0.1, 0.15) is 83.2 Å². The van der Waals surface area contributed by atoms with Crippen molar-refractivity contribution in [1.82, 2.24) is 149 Å². The van der Waals surface area contributed by atoms with Gasteiger partial charge in [-0.25, -0.2) is 24.9 Å². The Morgan fingerprint density at radius 2 is 0.621 bits per heavy atom. The van der Waals surface area contributed by atoms with Gasteiger partial charge in [-0.05, 0) is 173 Å². The van der Waals surface area contributed by atoms with Crippen molar-refractivity contribution in [1.29, 1.82) is 0 Å². The van der Waals surface area contributed by atoms with Crippen LogP contribution in [0.15, 0.2) is 154 Å². The van der Waals surface area contributed by atoms with E-state index in [2.05, 4.69) is 141 Å². The molecule has 2 bridgehead atoms. The SMILES string of the molecule is Cc1cc(Nc2cc(N3CCC(N)CC3)nc3c(-c4cnn(C)c4)cnn23)sn1.Cc1cc(Nc2cc(N3CCCC(CO)C3)nc3c(-c4cnn(C)c4)cnn23)sn1.Cc1cc(Nc2cc(N3CC[C@@H](CO)C3)nc3c(-c4cnn(C)c4)cnn23)sn1.Cc1cc(Nc2cc(N3CC[C@@H](N)C3)nc3c(-c4cnn(C)c4)cnn23)sn1.Cc1cc(Nc2cc(N3C[C@@H]4C[C@H]3CN4)nc3c(-c4cnn(C)c4)cnn23)sn1. The molecule has 26 heterocycles. The van der Waals surface area contributed by atoms with Crippen LogP contribution in [-0.4, -0.2) is 257 Å². The molecule has 20 aromatic rings. The molecule has 12 N–H and O–H groups in total. The summed E-state index contributed by atoms with van der Waals surface area (Å²) < 4.78 is 39.9. The van der Waals surface area contributed by atoms with E-state index >= 15 is 0 Å². The summed E-state index contributed by atoms with van der Waals surface area (Å²) in [7, 11) is 9.52. The van der Waals surface area contributed by atoms with Crippen LogP contribution in [0.4, 0.5) is 83.2 Å². The number of nitrogens with two attached hydrogens (primary N) is 2. The van der Waals surface area contributed by atoms with E-state index in [0.717, 1.165) is 299 Å². The Morgan fingerprint density at radius 1 is 0.331 bits per heavy atom. The lowest BCUT2D eigenvalue weighted by atomic mass is 9.99. The van der Waals surface area contributed by atoms with Gasteiger partial charge in [0.25, 0.3) is 0 Å². The molecule has 0 amide bonds. The van der Waals surface area contributed by atoms with Crippen molar-refractivity contribution >= 4 is 169 Å². The van der Waals surface area contributed by atoms with Crippen LogP contribution in [0.5, 0.6) is 0 Å². The van der Waals surface area contributed by atoms with Crippen LogP contribution in [0.1, 0.15) is 73.4 Å². The zero-order chi connectivity index (χ0) is 99.4. The van der Waals surface area contributed by atoms with E-state index in [-0.39, 0.29) is 37.1 Å². The first-order chi connectivity index (χ1) is 70.5. The number of rotatable bonds is 22. The molecule has 6 aliphatic heterocycles.